The van der Waals surface area contributed by atoms with Gasteiger partial charge in [-0.05, 0) is 38.8 Å². The van der Waals surface area contributed by atoms with Crippen LogP contribution in [-0.4, -0.2) is 36.6 Å². The van der Waals surface area contributed by atoms with Gasteiger partial charge < -0.3 is 4.90 Å². The highest BCUT2D eigenvalue weighted by molar-refractivity contribution is 5.03. The number of nitrogens with zero attached hydrogens (tertiary/aromatic N) is 2. The van der Waals surface area contributed by atoms with E-state index in [1.165, 1.54) is 19.5 Å². The molecule has 0 aromatic rings. The summed E-state index contributed by atoms with van der Waals surface area (Å²) in [6.07, 6.45) is 2.23. The summed E-state index contributed by atoms with van der Waals surface area (Å²) in [5, 5.41) is 12.4. The van der Waals surface area contributed by atoms with E-state index in [0.29, 0.717) is 0 Å². The summed E-state index contributed by atoms with van der Waals surface area (Å²) >= 11 is 0. The van der Waals surface area contributed by atoms with Gasteiger partial charge in [0, 0.05) is 13.1 Å². The Hall–Kier alpha value is -0.590. The third kappa shape index (κ3) is 3.81. The van der Waals surface area contributed by atoms with Crippen molar-refractivity contribution in [3.05, 3.63) is 0 Å². The van der Waals surface area contributed by atoms with Gasteiger partial charge in [0.1, 0.15) is 5.54 Å². The van der Waals surface area contributed by atoms with Gasteiger partial charge >= 0.3 is 0 Å². The van der Waals surface area contributed by atoms with Crippen LogP contribution in [0.15, 0.2) is 0 Å². The highest BCUT2D eigenvalue weighted by atomic mass is 15.1. The summed E-state index contributed by atoms with van der Waals surface area (Å²) in [4.78, 5) is 2.47. The highest BCUT2D eigenvalue weighted by Crippen LogP contribution is 2.17. The Bertz CT molecular complexity index is 234. The van der Waals surface area contributed by atoms with Gasteiger partial charge in [-0.1, -0.05) is 13.8 Å². The SMILES string of the molecule is CCNC(C)(C#N)CCN1CCC(C)C1. The molecule has 1 N–H and O–H groups in total. The molecule has 1 saturated heterocycles. The highest BCUT2D eigenvalue weighted by Gasteiger charge is 2.25. The molecule has 3 heteroatoms. The molecule has 1 fully saturated rings. The van der Waals surface area contributed by atoms with Crippen molar-refractivity contribution in [2.24, 2.45) is 5.92 Å². The lowest BCUT2D eigenvalue weighted by atomic mass is 9.99. The molecule has 1 heterocycles. The Morgan fingerprint density at radius 1 is 1.60 bits per heavy atom. The largest absolute Gasteiger partial charge is 0.303 e. The molecule has 3 nitrogen and oxygen atoms in total. The quantitative estimate of drug-likeness (QED) is 0.747. The van der Waals surface area contributed by atoms with Gasteiger partial charge in [0.25, 0.3) is 0 Å². The Morgan fingerprint density at radius 3 is 2.80 bits per heavy atom. The topological polar surface area (TPSA) is 39.1 Å². The molecule has 0 aromatic carbocycles. The van der Waals surface area contributed by atoms with Crippen LogP contribution >= 0.6 is 0 Å². The standard InChI is InChI=1S/C12H23N3/c1-4-14-12(3,10-13)6-8-15-7-5-11(2)9-15/h11,14H,4-9H2,1-3H3. The number of nitriles is 1. The van der Waals surface area contributed by atoms with Gasteiger partial charge in [-0.15, -0.1) is 0 Å². The van der Waals surface area contributed by atoms with Crippen LogP contribution in [0.3, 0.4) is 0 Å². The third-order valence-electron chi connectivity index (χ3n) is 3.25. The molecule has 0 radical (unpaired) electrons. The molecule has 0 amide bonds. The lowest BCUT2D eigenvalue weighted by molar-refractivity contribution is 0.285. The van der Waals surface area contributed by atoms with E-state index >= 15 is 0 Å². The predicted molar refractivity (Wildman–Crippen MR) is 62.5 cm³/mol. The number of likely N-dealkylation sites (tertiary alicyclic amines) is 1. The Morgan fingerprint density at radius 2 is 2.33 bits per heavy atom. The second kappa shape index (κ2) is 5.48. The maximum atomic E-state index is 9.11. The van der Waals surface area contributed by atoms with Gasteiger partial charge in [-0.3, -0.25) is 5.32 Å². The predicted octanol–water partition coefficient (Wildman–Crippen LogP) is 1.61. The first-order valence-electron chi connectivity index (χ1n) is 5.98. The molecule has 86 valence electrons. The molecule has 2 atom stereocenters. The van der Waals surface area contributed by atoms with Crippen LogP contribution in [0.5, 0.6) is 0 Å². The maximum absolute atomic E-state index is 9.11. The van der Waals surface area contributed by atoms with Crippen molar-refractivity contribution >= 4 is 0 Å². The number of hydrogen-bond donors (Lipinski definition) is 1. The first-order valence-corrected chi connectivity index (χ1v) is 5.98. The smallest absolute Gasteiger partial charge is 0.105 e. The van der Waals surface area contributed by atoms with Crippen LogP contribution in [0, 0.1) is 17.2 Å². The van der Waals surface area contributed by atoms with Gasteiger partial charge in [-0.25, -0.2) is 0 Å². The van der Waals surface area contributed by atoms with Crippen LogP contribution in [0.4, 0.5) is 0 Å². The van der Waals surface area contributed by atoms with Crippen molar-refractivity contribution in [2.45, 2.75) is 39.2 Å². The van der Waals surface area contributed by atoms with E-state index in [0.717, 1.165) is 25.4 Å². The van der Waals surface area contributed by atoms with Crippen LogP contribution < -0.4 is 5.32 Å². The molecule has 0 spiro atoms. The summed E-state index contributed by atoms with van der Waals surface area (Å²) in [5.74, 6) is 0.831. The number of nitrogens with one attached hydrogen (secondary N) is 1. The Labute approximate surface area is 93.5 Å². The van der Waals surface area contributed by atoms with E-state index in [1.807, 2.05) is 13.8 Å². The molecule has 0 aliphatic carbocycles. The number of hydrogen-bond acceptors (Lipinski definition) is 3. The van der Waals surface area contributed by atoms with Crippen LogP contribution in [0.2, 0.25) is 0 Å². The van der Waals surface area contributed by atoms with E-state index in [1.54, 1.807) is 0 Å². The average molecular weight is 209 g/mol. The average Bonchev–Trinajstić information content (AvgIpc) is 2.62. The van der Waals surface area contributed by atoms with Crippen molar-refractivity contribution in [2.75, 3.05) is 26.2 Å². The molecular formula is C12H23N3. The lowest BCUT2D eigenvalue weighted by Gasteiger charge is -2.25. The van der Waals surface area contributed by atoms with E-state index in [2.05, 4.69) is 23.2 Å². The van der Waals surface area contributed by atoms with Crippen molar-refractivity contribution in [1.82, 2.24) is 10.2 Å². The summed E-state index contributed by atoms with van der Waals surface area (Å²) in [7, 11) is 0. The lowest BCUT2D eigenvalue weighted by Crippen LogP contribution is -2.43. The first kappa shape index (κ1) is 12.5. The monoisotopic (exact) mass is 209 g/mol. The summed E-state index contributed by atoms with van der Waals surface area (Å²) < 4.78 is 0. The summed E-state index contributed by atoms with van der Waals surface area (Å²) in [5.41, 5.74) is -0.347. The Kier molecular flexibility index (Phi) is 4.56. The van der Waals surface area contributed by atoms with E-state index in [9.17, 15) is 0 Å². The second-order valence-electron chi connectivity index (χ2n) is 4.92. The summed E-state index contributed by atoms with van der Waals surface area (Å²) in [6, 6.07) is 2.38. The van der Waals surface area contributed by atoms with Crippen molar-refractivity contribution in [3.8, 4) is 6.07 Å². The molecule has 1 aliphatic heterocycles. The van der Waals surface area contributed by atoms with Gasteiger partial charge in [0.2, 0.25) is 0 Å². The zero-order valence-corrected chi connectivity index (χ0v) is 10.2. The molecule has 15 heavy (non-hydrogen) atoms. The molecule has 0 saturated carbocycles. The van der Waals surface area contributed by atoms with Gasteiger partial charge in [0.05, 0.1) is 6.07 Å². The van der Waals surface area contributed by atoms with Crippen LogP contribution in [0.1, 0.15) is 33.6 Å². The van der Waals surface area contributed by atoms with E-state index in [-0.39, 0.29) is 5.54 Å². The van der Waals surface area contributed by atoms with Crippen LogP contribution in [-0.2, 0) is 0 Å². The second-order valence-corrected chi connectivity index (χ2v) is 4.92. The van der Waals surface area contributed by atoms with Crippen molar-refractivity contribution in [3.63, 3.8) is 0 Å². The van der Waals surface area contributed by atoms with Crippen molar-refractivity contribution in [1.29, 1.82) is 5.26 Å². The zero-order chi connectivity index (χ0) is 11.3. The molecule has 0 aromatic heterocycles. The fourth-order valence-corrected chi connectivity index (χ4v) is 2.19. The van der Waals surface area contributed by atoms with Crippen LogP contribution in [0.25, 0.3) is 0 Å². The summed E-state index contributed by atoms with van der Waals surface area (Å²) in [6.45, 7) is 10.7. The fraction of sp³-hybridized carbons (Fsp3) is 0.917. The molecule has 1 aliphatic rings. The third-order valence-corrected chi connectivity index (χ3v) is 3.25. The Balaban J connectivity index is 2.31. The molecule has 2 unspecified atom stereocenters. The molecule has 0 bridgehead atoms. The first-order chi connectivity index (χ1) is 7.09. The molecular weight excluding hydrogens is 186 g/mol. The zero-order valence-electron chi connectivity index (χ0n) is 10.2. The maximum Gasteiger partial charge on any atom is 0.105 e. The molecule has 1 rings (SSSR count). The van der Waals surface area contributed by atoms with E-state index in [4.69, 9.17) is 5.26 Å². The normalized spacial score (nSPS) is 26.1. The fourth-order valence-electron chi connectivity index (χ4n) is 2.19. The van der Waals surface area contributed by atoms with Crippen molar-refractivity contribution < 1.29 is 0 Å². The van der Waals surface area contributed by atoms with Gasteiger partial charge in [0.15, 0.2) is 0 Å². The minimum atomic E-state index is -0.347. The van der Waals surface area contributed by atoms with E-state index < -0.39 is 0 Å². The number of rotatable bonds is 5. The minimum absolute atomic E-state index is 0.347. The van der Waals surface area contributed by atoms with Gasteiger partial charge in [-0.2, -0.15) is 5.26 Å². The minimum Gasteiger partial charge on any atom is -0.303 e.